The number of nitrogens with zero attached hydrogens (tertiary/aromatic N) is 1. The topological polar surface area (TPSA) is 41.6 Å². The van der Waals surface area contributed by atoms with Crippen LogP contribution in [0.2, 0.25) is 0 Å². The summed E-state index contributed by atoms with van der Waals surface area (Å²) in [5.41, 5.74) is 0.763. The Hall–Kier alpha value is -0.610. The fourth-order valence-corrected chi connectivity index (χ4v) is 7.04. The summed E-state index contributed by atoms with van der Waals surface area (Å²) in [7, 11) is 0. The summed E-state index contributed by atoms with van der Waals surface area (Å²) < 4.78 is 5.38. The molecule has 23 heavy (non-hydrogen) atoms. The zero-order chi connectivity index (χ0) is 16.1. The van der Waals surface area contributed by atoms with Gasteiger partial charge in [0.1, 0.15) is 0 Å². The van der Waals surface area contributed by atoms with Crippen molar-refractivity contribution in [2.45, 2.75) is 52.4 Å². The number of nitrogens with one attached hydrogen (secondary N) is 1. The fraction of sp³-hybridized carbons (Fsp3) is 0.947. The van der Waals surface area contributed by atoms with E-state index >= 15 is 0 Å². The number of carbonyl (C=O) groups is 1. The zero-order valence-electron chi connectivity index (χ0n) is 14.8. The predicted octanol–water partition coefficient (Wildman–Crippen LogP) is 2.43. The quantitative estimate of drug-likeness (QED) is 0.865. The van der Waals surface area contributed by atoms with Crippen LogP contribution in [-0.2, 0) is 9.53 Å². The highest BCUT2D eigenvalue weighted by molar-refractivity contribution is 5.83. The van der Waals surface area contributed by atoms with E-state index in [1.165, 1.54) is 19.3 Å². The first-order valence-corrected chi connectivity index (χ1v) is 9.49. The summed E-state index contributed by atoms with van der Waals surface area (Å²) in [4.78, 5) is 15.5. The highest BCUT2D eigenvalue weighted by Crippen LogP contribution is 2.69. The second-order valence-electron chi connectivity index (χ2n) is 9.62. The van der Waals surface area contributed by atoms with Gasteiger partial charge in [0.05, 0.1) is 18.6 Å². The van der Waals surface area contributed by atoms with Gasteiger partial charge in [-0.25, -0.2) is 0 Å². The number of hydrogen-bond donors (Lipinski definition) is 1. The molecular weight excluding hydrogens is 288 g/mol. The molecule has 1 saturated heterocycles. The molecule has 1 N–H and O–H groups in total. The molecule has 4 saturated carbocycles. The van der Waals surface area contributed by atoms with Crippen molar-refractivity contribution in [1.29, 1.82) is 0 Å². The van der Waals surface area contributed by atoms with E-state index in [0.717, 1.165) is 64.6 Å². The molecular formula is C19H32N2O2. The van der Waals surface area contributed by atoms with Gasteiger partial charge in [0.2, 0.25) is 5.91 Å². The Morgan fingerprint density at radius 2 is 1.74 bits per heavy atom. The summed E-state index contributed by atoms with van der Waals surface area (Å²) in [6.45, 7) is 10.3. The van der Waals surface area contributed by atoms with Crippen LogP contribution in [0.1, 0.15) is 52.4 Å². The first kappa shape index (κ1) is 15.9. The van der Waals surface area contributed by atoms with E-state index < -0.39 is 0 Å². The lowest BCUT2D eigenvalue weighted by Crippen LogP contribution is -2.60. The van der Waals surface area contributed by atoms with E-state index in [9.17, 15) is 4.79 Å². The SMILES string of the molecule is C[C@]12CC3CC(C(=O)NCCN4CCOCC4)(C1)C[C@@](C)(C3)C2. The van der Waals surface area contributed by atoms with Crippen molar-refractivity contribution in [3.05, 3.63) is 0 Å². The van der Waals surface area contributed by atoms with Crippen LogP contribution in [-0.4, -0.2) is 50.2 Å². The molecule has 1 amide bonds. The van der Waals surface area contributed by atoms with E-state index in [2.05, 4.69) is 24.1 Å². The largest absolute Gasteiger partial charge is 0.379 e. The number of morpholine rings is 1. The highest BCUT2D eigenvalue weighted by atomic mass is 16.5. The van der Waals surface area contributed by atoms with Crippen LogP contribution in [0.4, 0.5) is 0 Å². The monoisotopic (exact) mass is 320 g/mol. The minimum atomic E-state index is -0.0616. The molecule has 5 rings (SSSR count). The lowest BCUT2D eigenvalue weighted by Gasteiger charge is -2.64. The van der Waals surface area contributed by atoms with Gasteiger partial charge in [-0.3, -0.25) is 9.69 Å². The third-order valence-corrected chi connectivity index (χ3v) is 6.93. The van der Waals surface area contributed by atoms with Crippen LogP contribution in [0.15, 0.2) is 0 Å². The maximum atomic E-state index is 13.1. The van der Waals surface area contributed by atoms with Gasteiger partial charge in [0, 0.05) is 26.2 Å². The summed E-state index contributed by atoms with van der Waals surface area (Å²) >= 11 is 0. The second-order valence-corrected chi connectivity index (χ2v) is 9.62. The Balaban J connectivity index is 1.38. The summed E-state index contributed by atoms with van der Waals surface area (Å²) in [6, 6.07) is 0. The fourth-order valence-electron chi connectivity index (χ4n) is 7.04. The van der Waals surface area contributed by atoms with Crippen molar-refractivity contribution in [2.75, 3.05) is 39.4 Å². The lowest BCUT2D eigenvalue weighted by molar-refractivity contribution is -0.170. The smallest absolute Gasteiger partial charge is 0.226 e. The number of rotatable bonds is 4. The van der Waals surface area contributed by atoms with Gasteiger partial charge >= 0.3 is 0 Å². The molecule has 0 spiro atoms. The van der Waals surface area contributed by atoms with Crippen LogP contribution in [0.3, 0.4) is 0 Å². The van der Waals surface area contributed by atoms with E-state index in [4.69, 9.17) is 4.74 Å². The Bertz CT molecular complexity index is 468. The first-order chi connectivity index (χ1) is 10.9. The number of hydrogen-bond acceptors (Lipinski definition) is 3. The third-order valence-electron chi connectivity index (χ3n) is 6.93. The molecule has 2 unspecified atom stereocenters. The molecule has 5 fully saturated rings. The molecule has 4 atom stereocenters. The van der Waals surface area contributed by atoms with Crippen LogP contribution < -0.4 is 5.32 Å². The van der Waals surface area contributed by atoms with Crippen molar-refractivity contribution in [3.63, 3.8) is 0 Å². The van der Waals surface area contributed by atoms with Crippen LogP contribution in [0.5, 0.6) is 0 Å². The number of amides is 1. The maximum absolute atomic E-state index is 13.1. The van der Waals surface area contributed by atoms with Gasteiger partial charge in [0.25, 0.3) is 0 Å². The van der Waals surface area contributed by atoms with Crippen LogP contribution >= 0.6 is 0 Å². The number of carbonyl (C=O) groups excluding carboxylic acids is 1. The van der Waals surface area contributed by atoms with Gasteiger partial charge in [0.15, 0.2) is 0 Å². The van der Waals surface area contributed by atoms with Crippen molar-refractivity contribution < 1.29 is 9.53 Å². The standard InChI is InChI=1S/C19H32N2O2/c1-17-9-15-10-18(2,12-17)14-19(11-15,13-17)16(22)20-3-4-21-5-7-23-8-6-21/h15H,3-14H2,1-2H3,(H,20,22)/t15?,17-,18+,19?. The van der Waals surface area contributed by atoms with Gasteiger partial charge < -0.3 is 10.1 Å². The van der Waals surface area contributed by atoms with Crippen LogP contribution in [0.25, 0.3) is 0 Å². The van der Waals surface area contributed by atoms with E-state index in [-0.39, 0.29) is 5.41 Å². The normalized spacial score (nSPS) is 46.1. The van der Waals surface area contributed by atoms with Gasteiger partial charge in [-0.05, 0) is 55.3 Å². The van der Waals surface area contributed by atoms with Crippen molar-refractivity contribution >= 4 is 5.91 Å². The molecule has 0 aromatic heterocycles. The number of ether oxygens (including phenoxy) is 1. The second kappa shape index (κ2) is 5.45. The van der Waals surface area contributed by atoms with Gasteiger partial charge in [-0.1, -0.05) is 13.8 Å². The minimum absolute atomic E-state index is 0.0616. The zero-order valence-corrected chi connectivity index (χ0v) is 14.8. The maximum Gasteiger partial charge on any atom is 0.226 e. The molecule has 1 heterocycles. The predicted molar refractivity (Wildman–Crippen MR) is 90.1 cm³/mol. The van der Waals surface area contributed by atoms with Gasteiger partial charge in [-0.2, -0.15) is 0 Å². The average molecular weight is 320 g/mol. The molecule has 4 bridgehead atoms. The molecule has 4 aliphatic carbocycles. The highest BCUT2D eigenvalue weighted by Gasteiger charge is 2.62. The molecule has 1 aliphatic heterocycles. The minimum Gasteiger partial charge on any atom is -0.379 e. The molecule has 0 radical (unpaired) electrons. The third kappa shape index (κ3) is 2.93. The van der Waals surface area contributed by atoms with Crippen molar-refractivity contribution in [3.8, 4) is 0 Å². The summed E-state index contributed by atoms with van der Waals surface area (Å²) in [5.74, 6) is 1.14. The Morgan fingerprint density at radius 3 is 2.35 bits per heavy atom. The Kier molecular flexibility index (Phi) is 3.77. The molecule has 4 heteroatoms. The molecule has 5 aliphatic rings. The lowest BCUT2D eigenvalue weighted by atomic mass is 9.40. The Labute approximate surface area is 140 Å². The van der Waals surface area contributed by atoms with E-state index in [0.29, 0.717) is 16.7 Å². The Morgan fingerprint density at radius 1 is 1.09 bits per heavy atom. The molecule has 0 aromatic rings. The average Bonchev–Trinajstić information content (AvgIpc) is 2.44. The van der Waals surface area contributed by atoms with Crippen molar-refractivity contribution in [2.24, 2.45) is 22.2 Å². The van der Waals surface area contributed by atoms with Crippen LogP contribution in [0, 0.1) is 22.2 Å². The van der Waals surface area contributed by atoms with Gasteiger partial charge in [-0.15, -0.1) is 0 Å². The van der Waals surface area contributed by atoms with E-state index in [1.54, 1.807) is 0 Å². The summed E-state index contributed by atoms with van der Waals surface area (Å²) in [6.07, 6.45) is 7.42. The van der Waals surface area contributed by atoms with Crippen molar-refractivity contribution in [1.82, 2.24) is 10.2 Å². The molecule has 4 nitrogen and oxygen atoms in total. The molecule has 0 aromatic carbocycles. The molecule has 130 valence electrons. The summed E-state index contributed by atoms with van der Waals surface area (Å²) in [5, 5.41) is 3.30. The van der Waals surface area contributed by atoms with E-state index in [1.807, 2.05) is 0 Å². The first-order valence-electron chi connectivity index (χ1n) is 9.49.